The quantitative estimate of drug-likeness (QED) is 0.549. The SMILES string of the molecule is COc1cccc2c1CC(NC(=O)C[C@@H](Cc1cc(F)ccc1F)N(C(=O)O)C(C)(C)C)C(=O)N2. The van der Waals surface area contributed by atoms with E-state index in [2.05, 4.69) is 10.6 Å². The van der Waals surface area contributed by atoms with Crippen molar-refractivity contribution in [1.29, 1.82) is 0 Å². The minimum Gasteiger partial charge on any atom is -0.496 e. The van der Waals surface area contributed by atoms with E-state index in [1.165, 1.54) is 7.11 Å². The van der Waals surface area contributed by atoms with Crippen LogP contribution in [0.1, 0.15) is 38.3 Å². The molecule has 2 atom stereocenters. The van der Waals surface area contributed by atoms with Crippen molar-refractivity contribution >= 4 is 23.6 Å². The summed E-state index contributed by atoms with van der Waals surface area (Å²) in [6.45, 7) is 4.93. The highest BCUT2D eigenvalue weighted by Gasteiger charge is 2.36. The minimum atomic E-state index is -1.30. The summed E-state index contributed by atoms with van der Waals surface area (Å²) in [5, 5.41) is 15.3. The summed E-state index contributed by atoms with van der Waals surface area (Å²) in [6.07, 6.45) is -1.71. The van der Waals surface area contributed by atoms with E-state index in [1.807, 2.05) is 0 Å². The lowest BCUT2D eigenvalue weighted by Gasteiger charge is -2.40. The van der Waals surface area contributed by atoms with Crippen LogP contribution in [0.2, 0.25) is 0 Å². The maximum absolute atomic E-state index is 14.4. The normalized spacial score (nSPS) is 16.1. The van der Waals surface area contributed by atoms with Crippen LogP contribution in [0, 0.1) is 11.6 Å². The molecule has 2 aromatic rings. The average molecular weight is 490 g/mol. The van der Waals surface area contributed by atoms with Crippen molar-refractivity contribution in [2.45, 2.75) is 57.7 Å². The van der Waals surface area contributed by atoms with E-state index >= 15 is 0 Å². The Hall–Kier alpha value is -3.69. The van der Waals surface area contributed by atoms with Gasteiger partial charge in [-0.3, -0.25) is 14.5 Å². The third-order valence-corrected chi connectivity index (χ3v) is 5.85. The lowest BCUT2D eigenvalue weighted by Crippen LogP contribution is -2.54. The number of hydrogen-bond acceptors (Lipinski definition) is 4. The number of hydrogen-bond donors (Lipinski definition) is 3. The second-order valence-electron chi connectivity index (χ2n) is 9.42. The van der Waals surface area contributed by atoms with Crippen LogP contribution in [-0.2, 0) is 22.4 Å². The van der Waals surface area contributed by atoms with Crippen LogP contribution in [0.5, 0.6) is 5.75 Å². The fraction of sp³-hybridized carbons (Fsp3) is 0.400. The van der Waals surface area contributed by atoms with Crippen LogP contribution in [0.15, 0.2) is 36.4 Å². The van der Waals surface area contributed by atoms with E-state index < -0.39 is 47.2 Å². The van der Waals surface area contributed by atoms with Gasteiger partial charge < -0.3 is 20.5 Å². The number of carboxylic acid groups (broad SMARTS) is 1. The van der Waals surface area contributed by atoms with Gasteiger partial charge in [-0.2, -0.15) is 0 Å². The Balaban J connectivity index is 1.84. The average Bonchev–Trinajstić information content (AvgIpc) is 2.75. The minimum absolute atomic E-state index is 0.0487. The molecule has 0 aliphatic carbocycles. The zero-order valence-corrected chi connectivity index (χ0v) is 20.0. The van der Waals surface area contributed by atoms with E-state index in [0.717, 1.165) is 28.7 Å². The highest BCUT2D eigenvalue weighted by atomic mass is 19.1. The maximum Gasteiger partial charge on any atom is 0.408 e. The lowest BCUT2D eigenvalue weighted by molar-refractivity contribution is -0.127. The molecule has 8 nitrogen and oxygen atoms in total. The molecular formula is C25H29F2N3O5. The Morgan fingerprint density at radius 1 is 1.26 bits per heavy atom. The Labute approximate surface area is 202 Å². The second kappa shape index (κ2) is 10.3. The number of carbonyl (C=O) groups excluding carboxylic acids is 2. The number of rotatable bonds is 7. The first kappa shape index (κ1) is 25.9. The molecule has 0 aromatic heterocycles. The van der Waals surface area contributed by atoms with Crippen LogP contribution in [0.25, 0.3) is 0 Å². The second-order valence-corrected chi connectivity index (χ2v) is 9.42. The molecule has 0 fully saturated rings. The first-order valence-electron chi connectivity index (χ1n) is 11.1. The van der Waals surface area contributed by atoms with Gasteiger partial charge in [-0.15, -0.1) is 0 Å². The fourth-order valence-corrected chi connectivity index (χ4v) is 4.38. The number of methoxy groups -OCH3 is 1. The topological polar surface area (TPSA) is 108 Å². The Morgan fingerprint density at radius 3 is 2.60 bits per heavy atom. The highest BCUT2D eigenvalue weighted by molar-refractivity contribution is 6.00. The Bertz CT molecular complexity index is 1130. The van der Waals surface area contributed by atoms with E-state index in [9.17, 15) is 28.3 Å². The molecule has 0 radical (unpaired) electrons. The predicted octanol–water partition coefficient (Wildman–Crippen LogP) is 3.73. The Kier molecular flexibility index (Phi) is 7.62. The Morgan fingerprint density at radius 2 is 1.97 bits per heavy atom. The van der Waals surface area contributed by atoms with Gasteiger partial charge in [-0.1, -0.05) is 6.07 Å². The van der Waals surface area contributed by atoms with Crippen LogP contribution in [0.4, 0.5) is 19.3 Å². The number of fused-ring (bicyclic) bond motifs is 1. The lowest BCUT2D eigenvalue weighted by atomic mass is 9.94. The molecule has 35 heavy (non-hydrogen) atoms. The molecular weight excluding hydrogens is 460 g/mol. The third-order valence-electron chi connectivity index (χ3n) is 5.85. The predicted molar refractivity (Wildman–Crippen MR) is 125 cm³/mol. The molecule has 3 amide bonds. The van der Waals surface area contributed by atoms with Crippen molar-refractivity contribution in [2.24, 2.45) is 0 Å². The number of anilines is 1. The molecule has 2 aromatic carbocycles. The van der Waals surface area contributed by atoms with Gasteiger partial charge >= 0.3 is 6.09 Å². The van der Waals surface area contributed by atoms with Crippen LogP contribution < -0.4 is 15.4 Å². The van der Waals surface area contributed by atoms with Gasteiger partial charge in [-0.25, -0.2) is 13.6 Å². The molecule has 1 heterocycles. The molecule has 3 N–H and O–H groups in total. The van der Waals surface area contributed by atoms with E-state index in [1.54, 1.807) is 39.0 Å². The number of benzene rings is 2. The first-order valence-corrected chi connectivity index (χ1v) is 11.1. The van der Waals surface area contributed by atoms with Crippen molar-refractivity contribution in [3.05, 3.63) is 59.2 Å². The molecule has 10 heteroatoms. The summed E-state index contributed by atoms with van der Waals surface area (Å²) in [4.78, 5) is 38.8. The number of halogens is 2. The standard InChI is InChI=1S/C25H29F2N3O5/c1-25(2,3)30(24(33)34)16(11-14-10-15(26)8-9-18(14)27)12-22(31)28-20-13-17-19(29-23(20)32)6-5-7-21(17)35-4/h5-10,16,20H,11-13H2,1-4H3,(H,28,31)(H,29,32)(H,33,34)/t16-,20?/m1/s1. The summed E-state index contributed by atoms with van der Waals surface area (Å²) in [6, 6.07) is 6.19. The molecule has 1 aliphatic heterocycles. The molecule has 188 valence electrons. The third kappa shape index (κ3) is 6.06. The molecule has 0 saturated carbocycles. The van der Waals surface area contributed by atoms with Crippen LogP contribution in [0.3, 0.4) is 0 Å². The molecule has 1 unspecified atom stereocenters. The summed E-state index contributed by atoms with van der Waals surface area (Å²) in [7, 11) is 1.50. The van der Waals surface area contributed by atoms with E-state index in [0.29, 0.717) is 11.4 Å². The van der Waals surface area contributed by atoms with Crippen molar-refractivity contribution in [3.8, 4) is 5.75 Å². The van der Waals surface area contributed by atoms with Gasteiger partial charge in [-0.05, 0) is 63.1 Å². The van der Waals surface area contributed by atoms with E-state index in [4.69, 9.17) is 4.74 Å². The van der Waals surface area contributed by atoms with Gasteiger partial charge in [0.1, 0.15) is 23.4 Å². The molecule has 3 rings (SSSR count). The zero-order valence-electron chi connectivity index (χ0n) is 20.0. The summed E-state index contributed by atoms with van der Waals surface area (Å²) >= 11 is 0. The highest BCUT2D eigenvalue weighted by Crippen LogP contribution is 2.31. The number of nitrogens with one attached hydrogen (secondary N) is 2. The summed E-state index contributed by atoms with van der Waals surface area (Å²) in [5.41, 5.74) is 0.325. The zero-order chi connectivity index (χ0) is 25.9. The van der Waals surface area contributed by atoms with Crippen molar-refractivity contribution < 1.29 is 33.0 Å². The van der Waals surface area contributed by atoms with Gasteiger partial charge in [0.2, 0.25) is 11.8 Å². The van der Waals surface area contributed by atoms with Crippen molar-refractivity contribution in [2.75, 3.05) is 12.4 Å². The van der Waals surface area contributed by atoms with Gasteiger partial charge in [0.25, 0.3) is 0 Å². The molecule has 0 spiro atoms. The number of carbonyl (C=O) groups is 3. The van der Waals surface area contributed by atoms with Gasteiger partial charge in [0.15, 0.2) is 0 Å². The van der Waals surface area contributed by atoms with Crippen LogP contribution >= 0.6 is 0 Å². The van der Waals surface area contributed by atoms with Crippen LogP contribution in [-0.4, -0.2) is 52.6 Å². The fourth-order valence-electron chi connectivity index (χ4n) is 4.38. The van der Waals surface area contributed by atoms with Crippen molar-refractivity contribution in [3.63, 3.8) is 0 Å². The molecule has 1 aliphatic rings. The first-order chi connectivity index (χ1) is 16.4. The summed E-state index contributed by atoms with van der Waals surface area (Å²) < 4.78 is 33.5. The van der Waals surface area contributed by atoms with E-state index in [-0.39, 0.29) is 24.8 Å². The number of amides is 3. The summed E-state index contributed by atoms with van der Waals surface area (Å²) in [5.74, 6) is -1.83. The molecule has 0 bridgehead atoms. The van der Waals surface area contributed by atoms with Crippen molar-refractivity contribution in [1.82, 2.24) is 10.2 Å². The van der Waals surface area contributed by atoms with Gasteiger partial charge in [0.05, 0.1) is 7.11 Å². The number of ether oxygens (including phenoxy) is 1. The molecule has 0 saturated heterocycles. The largest absolute Gasteiger partial charge is 0.496 e. The number of nitrogens with zero attached hydrogens (tertiary/aromatic N) is 1. The maximum atomic E-state index is 14.4. The van der Waals surface area contributed by atoms with Gasteiger partial charge in [0, 0.05) is 35.7 Å². The smallest absolute Gasteiger partial charge is 0.408 e. The monoisotopic (exact) mass is 489 g/mol.